The van der Waals surface area contributed by atoms with Crippen LogP contribution in [0.15, 0.2) is 0 Å². The Balaban J connectivity index is 3.76. The lowest BCUT2D eigenvalue weighted by molar-refractivity contribution is -0.0630. The van der Waals surface area contributed by atoms with Gasteiger partial charge in [-0.2, -0.15) is 0 Å². The molecule has 0 rings (SSSR count). The number of methoxy groups -OCH3 is 1. The predicted octanol–water partition coefficient (Wildman–Crippen LogP) is 2.35. The van der Waals surface area contributed by atoms with Gasteiger partial charge in [-0.15, -0.1) is 0 Å². The molecule has 1 atom stereocenters. The van der Waals surface area contributed by atoms with Crippen molar-refractivity contribution in [2.45, 2.75) is 64.7 Å². The van der Waals surface area contributed by atoms with E-state index in [1.807, 2.05) is 20.8 Å². The van der Waals surface area contributed by atoms with Crippen molar-refractivity contribution < 1.29 is 14.2 Å². The van der Waals surface area contributed by atoms with E-state index in [9.17, 15) is 0 Å². The summed E-state index contributed by atoms with van der Waals surface area (Å²) in [5.74, 6) is 0. The van der Waals surface area contributed by atoms with Gasteiger partial charge in [0.2, 0.25) is 0 Å². The Bertz CT molecular complexity index is 215. The average molecular weight is 261 g/mol. The van der Waals surface area contributed by atoms with E-state index in [2.05, 4.69) is 13.8 Å². The van der Waals surface area contributed by atoms with Gasteiger partial charge < -0.3 is 19.9 Å². The van der Waals surface area contributed by atoms with Crippen LogP contribution in [0.3, 0.4) is 0 Å². The van der Waals surface area contributed by atoms with Crippen molar-refractivity contribution in [3.8, 4) is 0 Å². The second kappa shape index (κ2) is 8.10. The van der Waals surface area contributed by atoms with E-state index in [0.717, 1.165) is 12.8 Å². The molecule has 1 unspecified atom stereocenters. The third kappa shape index (κ3) is 8.03. The van der Waals surface area contributed by atoms with E-state index >= 15 is 0 Å². The third-order valence-corrected chi connectivity index (χ3v) is 3.27. The minimum absolute atomic E-state index is 0.0310. The fraction of sp³-hybridized carbons (Fsp3) is 1.00. The first kappa shape index (κ1) is 17.8. The molecule has 0 aromatic carbocycles. The van der Waals surface area contributed by atoms with Gasteiger partial charge in [0.05, 0.1) is 24.4 Å². The zero-order chi connectivity index (χ0) is 14.2. The first-order valence-electron chi connectivity index (χ1n) is 6.74. The van der Waals surface area contributed by atoms with Crippen LogP contribution >= 0.6 is 0 Å². The molecule has 0 bridgehead atoms. The van der Waals surface area contributed by atoms with E-state index in [-0.39, 0.29) is 17.2 Å². The lowest BCUT2D eigenvalue weighted by Gasteiger charge is -2.30. The summed E-state index contributed by atoms with van der Waals surface area (Å²) in [4.78, 5) is 0. The summed E-state index contributed by atoms with van der Waals surface area (Å²) in [7, 11) is 1.68. The number of ether oxygens (including phenoxy) is 3. The van der Waals surface area contributed by atoms with Crippen LogP contribution in [0.4, 0.5) is 0 Å². The number of hydrogen-bond donors (Lipinski definition) is 1. The van der Waals surface area contributed by atoms with E-state index in [1.165, 1.54) is 0 Å². The van der Waals surface area contributed by atoms with E-state index in [4.69, 9.17) is 19.9 Å². The lowest BCUT2D eigenvalue weighted by atomic mass is 10.0. The molecule has 0 aromatic rings. The van der Waals surface area contributed by atoms with Gasteiger partial charge in [-0.3, -0.25) is 0 Å². The second-order valence-electron chi connectivity index (χ2n) is 5.95. The largest absolute Gasteiger partial charge is 0.382 e. The van der Waals surface area contributed by atoms with Gasteiger partial charge in [-0.25, -0.2) is 0 Å². The quantitative estimate of drug-likeness (QED) is 0.613. The fourth-order valence-electron chi connectivity index (χ4n) is 1.44. The summed E-state index contributed by atoms with van der Waals surface area (Å²) in [6, 6.07) is 0.0310. The van der Waals surface area contributed by atoms with Gasteiger partial charge >= 0.3 is 0 Å². The Morgan fingerprint density at radius 3 is 2.11 bits per heavy atom. The minimum Gasteiger partial charge on any atom is -0.382 e. The van der Waals surface area contributed by atoms with Crippen LogP contribution in [0.25, 0.3) is 0 Å². The number of hydrogen-bond acceptors (Lipinski definition) is 4. The molecule has 0 aliphatic heterocycles. The lowest BCUT2D eigenvalue weighted by Crippen LogP contribution is -2.43. The van der Waals surface area contributed by atoms with Crippen molar-refractivity contribution in [1.82, 2.24) is 0 Å². The summed E-state index contributed by atoms with van der Waals surface area (Å²) >= 11 is 0. The SMILES string of the molecule is COCCOC(C)(C)CCCOC(C)(C)C(C)N. The topological polar surface area (TPSA) is 53.7 Å². The van der Waals surface area contributed by atoms with Gasteiger partial charge in [0.25, 0.3) is 0 Å². The van der Waals surface area contributed by atoms with Crippen molar-refractivity contribution in [3.63, 3.8) is 0 Å². The first-order chi connectivity index (χ1) is 8.21. The molecule has 0 radical (unpaired) electrons. The molecule has 110 valence electrons. The monoisotopic (exact) mass is 261 g/mol. The van der Waals surface area contributed by atoms with Crippen molar-refractivity contribution in [1.29, 1.82) is 0 Å². The van der Waals surface area contributed by atoms with Gasteiger partial charge in [-0.1, -0.05) is 0 Å². The van der Waals surface area contributed by atoms with E-state index < -0.39 is 0 Å². The molecule has 0 saturated heterocycles. The number of nitrogens with two attached hydrogens (primary N) is 1. The molecule has 0 aromatic heterocycles. The zero-order valence-electron chi connectivity index (χ0n) is 12.9. The molecule has 0 spiro atoms. The van der Waals surface area contributed by atoms with Gasteiger partial charge in [0, 0.05) is 19.8 Å². The predicted molar refractivity (Wildman–Crippen MR) is 74.8 cm³/mol. The average Bonchev–Trinajstić information content (AvgIpc) is 2.24. The van der Waals surface area contributed by atoms with E-state index in [0.29, 0.717) is 19.8 Å². The van der Waals surface area contributed by atoms with E-state index in [1.54, 1.807) is 7.11 Å². The third-order valence-electron chi connectivity index (χ3n) is 3.27. The summed E-state index contributed by atoms with van der Waals surface area (Å²) in [5.41, 5.74) is 5.47. The van der Waals surface area contributed by atoms with Gasteiger partial charge in [-0.05, 0) is 47.5 Å². The smallest absolute Gasteiger partial charge is 0.0773 e. The summed E-state index contributed by atoms with van der Waals surface area (Å²) < 4.78 is 16.5. The summed E-state index contributed by atoms with van der Waals surface area (Å²) in [5, 5.41) is 0. The highest BCUT2D eigenvalue weighted by Gasteiger charge is 2.24. The van der Waals surface area contributed by atoms with Crippen molar-refractivity contribution in [3.05, 3.63) is 0 Å². The van der Waals surface area contributed by atoms with Crippen molar-refractivity contribution >= 4 is 0 Å². The summed E-state index contributed by atoms with van der Waals surface area (Å²) in [6.07, 6.45) is 1.93. The van der Waals surface area contributed by atoms with Crippen LogP contribution in [-0.4, -0.2) is 44.2 Å². The number of rotatable bonds is 10. The van der Waals surface area contributed by atoms with Crippen LogP contribution in [0.2, 0.25) is 0 Å². The van der Waals surface area contributed by atoms with Crippen LogP contribution in [0.1, 0.15) is 47.5 Å². The molecule has 0 amide bonds. The molecular formula is C14H31NO3. The van der Waals surface area contributed by atoms with Crippen LogP contribution in [0.5, 0.6) is 0 Å². The summed E-state index contributed by atoms with van der Waals surface area (Å²) in [6.45, 7) is 12.2. The molecule has 4 nitrogen and oxygen atoms in total. The molecule has 4 heteroatoms. The van der Waals surface area contributed by atoms with Crippen molar-refractivity contribution in [2.24, 2.45) is 5.73 Å². The normalized spacial score (nSPS) is 14.8. The molecule has 0 aliphatic carbocycles. The molecule has 0 aliphatic rings. The molecular weight excluding hydrogens is 230 g/mol. The molecule has 18 heavy (non-hydrogen) atoms. The molecule has 0 fully saturated rings. The van der Waals surface area contributed by atoms with Crippen LogP contribution in [0, 0.1) is 0 Å². The fourth-order valence-corrected chi connectivity index (χ4v) is 1.44. The van der Waals surface area contributed by atoms with Gasteiger partial charge in [0.15, 0.2) is 0 Å². The highest BCUT2D eigenvalue weighted by molar-refractivity contribution is 4.79. The van der Waals surface area contributed by atoms with Crippen molar-refractivity contribution in [2.75, 3.05) is 26.9 Å². The Kier molecular flexibility index (Phi) is 8.03. The highest BCUT2D eigenvalue weighted by Crippen LogP contribution is 2.19. The van der Waals surface area contributed by atoms with Gasteiger partial charge in [0.1, 0.15) is 0 Å². The Labute approximate surface area is 112 Å². The molecule has 0 saturated carbocycles. The highest BCUT2D eigenvalue weighted by atomic mass is 16.5. The minimum atomic E-state index is -0.263. The Hall–Kier alpha value is -0.160. The van der Waals surface area contributed by atoms with Crippen LogP contribution in [-0.2, 0) is 14.2 Å². The maximum atomic E-state index is 5.86. The molecule has 0 heterocycles. The zero-order valence-corrected chi connectivity index (χ0v) is 12.9. The molecule has 2 N–H and O–H groups in total. The maximum absolute atomic E-state index is 5.86. The first-order valence-corrected chi connectivity index (χ1v) is 6.74. The standard InChI is InChI=1S/C14H31NO3/c1-12(15)14(4,5)18-9-7-8-13(2,3)17-11-10-16-6/h12H,7-11,15H2,1-6H3. The Morgan fingerprint density at radius 2 is 1.61 bits per heavy atom. The second-order valence-corrected chi connectivity index (χ2v) is 5.95. The van der Waals surface area contributed by atoms with Crippen LogP contribution < -0.4 is 5.73 Å². The Morgan fingerprint density at radius 1 is 1.00 bits per heavy atom. The maximum Gasteiger partial charge on any atom is 0.0773 e.